The first-order valence-corrected chi connectivity index (χ1v) is 10.1. The van der Waals surface area contributed by atoms with Gasteiger partial charge >= 0.3 is 0 Å². The summed E-state index contributed by atoms with van der Waals surface area (Å²) in [6.45, 7) is 12.0. The van der Waals surface area contributed by atoms with Crippen molar-refractivity contribution in [2.45, 2.75) is 26.7 Å². The minimum Gasteiger partial charge on any atom is -0.274 e. The van der Waals surface area contributed by atoms with Crippen LogP contribution in [0.2, 0.25) is 0 Å². The van der Waals surface area contributed by atoms with Crippen molar-refractivity contribution in [1.82, 2.24) is 9.88 Å². The highest BCUT2D eigenvalue weighted by Crippen LogP contribution is 2.32. The highest BCUT2D eigenvalue weighted by atomic mass is 19.1. The number of hydrogen-bond donors (Lipinski definition) is 0. The molecule has 0 saturated carbocycles. The van der Waals surface area contributed by atoms with Gasteiger partial charge in [0.2, 0.25) is 0 Å². The van der Waals surface area contributed by atoms with Crippen LogP contribution >= 0.6 is 0 Å². The van der Waals surface area contributed by atoms with Gasteiger partial charge in [0.05, 0.1) is 17.3 Å². The van der Waals surface area contributed by atoms with Crippen LogP contribution in [0.4, 0.5) is 4.39 Å². The van der Waals surface area contributed by atoms with E-state index >= 15 is 0 Å². The van der Waals surface area contributed by atoms with Crippen molar-refractivity contribution >= 4 is 11.8 Å². The van der Waals surface area contributed by atoms with Crippen LogP contribution in [0.5, 0.6) is 0 Å². The maximum absolute atomic E-state index is 13.7. The number of fused-ring (bicyclic) bond motifs is 2. The molecule has 30 heavy (non-hydrogen) atoms. The molecule has 2 aromatic rings. The molecule has 0 saturated heterocycles. The first kappa shape index (κ1) is 21.4. The topological polar surface area (TPSA) is 50.3 Å². The summed E-state index contributed by atoms with van der Waals surface area (Å²) in [7, 11) is 0. The van der Waals surface area contributed by atoms with E-state index in [2.05, 4.69) is 18.1 Å². The van der Waals surface area contributed by atoms with Gasteiger partial charge in [-0.05, 0) is 47.8 Å². The zero-order valence-electron chi connectivity index (χ0n) is 17.3. The van der Waals surface area contributed by atoms with Gasteiger partial charge in [-0.1, -0.05) is 51.3 Å². The Kier molecular flexibility index (Phi) is 6.40. The first-order valence-electron chi connectivity index (χ1n) is 10.1. The summed E-state index contributed by atoms with van der Waals surface area (Å²) >= 11 is 0. The predicted octanol–water partition coefficient (Wildman–Crippen LogP) is 4.93. The van der Waals surface area contributed by atoms with E-state index in [9.17, 15) is 14.0 Å². The summed E-state index contributed by atoms with van der Waals surface area (Å²) < 4.78 is 13.7. The molecule has 1 atom stereocenters. The highest BCUT2D eigenvalue weighted by molar-refractivity contribution is 6.21. The molecule has 2 heterocycles. The SMILES string of the molecule is C=CC1=C(C=C)C(CN2C(=O)c3ccccc3C2=O)Cc2ncc(F)cc2C1.CC. The zero-order valence-corrected chi connectivity index (χ0v) is 17.3. The van der Waals surface area contributed by atoms with Gasteiger partial charge in [-0.3, -0.25) is 19.5 Å². The predicted molar refractivity (Wildman–Crippen MR) is 116 cm³/mol. The number of allylic oxidation sites excluding steroid dienone is 3. The quantitative estimate of drug-likeness (QED) is 0.679. The maximum atomic E-state index is 13.7. The second-order valence-electron chi connectivity index (χ2n) is 6.99. The van der Waals surface area contributed by atoms with Crippen LogP contribution in [-0.2, 0) is 12.8 Å². The average Bonchev–Trinajstić information content (AvgIpc) is 2.92. The molecule has 2 aliphatic rings. The molecule has 1 aromatic carbocycles. The number of amides is 2. The second-order valence-corrected chi connectivity index (χ2v) is 6.99. The Morgan fingerprint density at radius 2 is 1.77 bits per heavy atom. The first-order chi connectivity index (χ1) is 14.5. The molecule has 1 aromatic heterocycles. The largest absolute Gasteiger partial charge is 0.274 e. The third kappa shape index (κ3) is 3.75. The fourth-order valence-electron chi connectivity index (χ4n) is 4.04. The van der Waals surface area contributed by atoms with Crippen LogP contribution in [0.25, 0.3) is 0 Å². The molecule has 0 bridgehead atoms. The van der Waals surface area contributed by atoms with Gasteiger partial charge in [-0.2, -0.15) is 0 Å². The number of halogens is 1. The molecule has 0 radical (unpaired) electrons. The van der Waals surface area contributed by atoms with E-state index < -0.39 is 0 Å². The van der Waals surface area contributed by atoms with Crippen molar-refractivity contribution in [3.63, 3.8) is 0 Å². The Hall–Kier alpha value is -3.34. The number of carbonyl (C=O) groups is 2. The number of carbonyl (C=O) groups excluding carboxylic acids is 2. The van der Waals surface area contributed by atoms with Crippen LogP contribution in [0.1, 0.15) is 45.8 Å². The van der Waals surface area contributed by atoms with E-state index in [1.165, 1.54) is 17.2 Å². The average molecular weight is 404 g/mol. The Bertz CT molecular complexity index is 1020. The second kappa shape index (κ2) is 8.99. The fraction of sp³-hybridized carbons (Fsp3) is 0.240. The number of imide groups is 1. The molecule has 1 aliphatic carbocycles. The van der Waals surface area contributed by atoms with Crippen molar-refractivity contribution in [3.05, 3.63) is 101 Å². The zero-order chi connectivity index (χ0) is 21.8. The van der Waals surface area contributed by atoms with Crippen molar-refractivity contribution in [2.24, 2.45) is 5.92 Å². The van der Waals surface area contributed by atoms with E-state index in [1.807, 2.05) is 13.8 Å². The molecule has 154 valence electrons. The lowest BCUT2D eigenvalue weighted by Gasteiger charge is -2.23. The van der Waals surface area contributed by atoms with Crippen molar-refractivity contribution in [3.8, 4) is 0 Å². The van der Waals surface area contributed by atoms with Crippen LogP contribution < -0.4 is 0 Å². The standard InChI is InChI=1S/C23H19FN2O2.C2H6/c1-3-14-9-15-10-17(24)12-25-21(15)11-16(18(14)4-2)13-26-22(27)19-7-5-6-8-20(19)23(26)28;1-2/h3-8,10,12,16H,1-2,9,11,13H2;1-2H3. The number of benzene rings is 1. The Morgan fingerprint density at radius 1 is 1.13 bits per heavy atom. The molecule has 5 heteroatoms. The normalized spacial score (nSPS) is 17.6. The van der Waals surface area contributed by atoms with Crippen molar-refractivity contribution < 1.29 is 14.0 Å². The molecule has 1 unspecified atom stereocenters. The number of pyridine rings is 1. The Morgan fingerprint density at radius 3 is 2.33 bits per heavy atom. The van der Waals surface area contributed by atoms with E-state index in [0.29, 0.717) is 24.0 Å². The summed E-state index contributed by atoms with van der Waals surface area (Å²) in [5, 5.41) is 0. The fourth-order valence-corrected chi connectivity index (χ4v) is 4.04. The number of nitrogens with zero attached hydrogens (tertiary/aromatic N) is 2. The number of hydrogen-bond acceptors (Lipinski definition) is 3. The van der Waals surface area contributed by atoms with Crippen LogP contribution in [0.3, 0.4) is 0 Å². The van der Waals surface area contributed by atoms with Crippen molar-refractivity contribution in [1.29, 1.82) is 0 Å². The van der Waals surface area contributed by atoms with Gasteiger partial charge < -0.3 is 0 Å². The maximum Gasteiger partial charge on any atom is 0.261 e. The molecule has 0 N–H and O–H groups in total. The lowest BCUT2D eigenvalue weighted by molar-refractivity contribution is 0.0637. The lowest BCUT2D eigenvalue weighted by atomic mass is 9.91. The summed E-state index contributed by atoms with van der Waals surface area (Å²) in [5.74, 6) is -1.16. The van der Waals surface area contributed by atoms with E-state index in [1.54, 1.807) is 36.4 Å². The van der Waals surface area contributed by atoms with Gasteiger partial charge in [0, 0.05) is 18.2 Å². The molecule has 4 nitrogen and oxygen atoms in total. The third-order valence-electron chi connectivity index (χ3n) is 5.41. The summed E-state index contributed by atoms with van der Waals surface area (Å²) in [4.78, 5) is 31.1. The monoisotopic (exact) mass is 404 g/mol. The van der Waals surface area contributed by atoms with E-state index in [-0.39, 0.29) is 30.1 Å². The van der Waals surface area contributed by atoms with Gasteiger partial charge in [-0.25, -0.2) is 4.39 Å². The number of rotatable bonds is 4. The summed E-state index contributed by atoms with van der Waals surface area (Å²) in [6.07, 6.45) is 5.64. The van der Waals surface area contributed by atoms with E-state index in [0.717, 1.165) is 22.4 Å². The molecule has 0 spiro atoms. The molecule has 4 rings (SSSR count). The lowest BCUT2D eigenvalue weighted by Crippen LogP contribution is -2.36. The van der Waals surface area contributed by atoms with Gasteiger partial charge in [-0.15, -0.1) is 0 Å². The van der Waals surface area contributed by atoms with Crippen LogP contribution in [-0.4, -0.2) is 28.2 Å². The van der Waals surface area contributed by atoms with Gasteiger partial charge in [0.1, 0.15) is 5.82 Å². The third-order valence-corrected chi connectivity index (χ3v) is 5.41. The molecule has 1 aliphatic heterocycles. The molecular weight excluding hydrogens is 379 g/mol. The minimum absolute atomic E-state index is 0.188. The van der Waals surface area contributed by atoms with Gasteiger partial charge in [0.15, 0.2) is 0 Å². The van der Waals surface area contributed by atoms with Crippen LogP contribution in [0, 0.1) is 11.7 Å². The Balaban J connectivity index is 0.00000124. The summed E-state index contributed by atoms with van der Waals surface area (Å²) in [6, 6.07) is 8.32. The minimum atomic E-state index is -0.388. The van der Waals surface area contributed by atoms with Gasteiger partial charge in [0.25, 0.3) is 11.8 Å². The Labute approximate surface area is 176 Å². The van der Waals surface area contributed by atoms with Crippen LogP contribution in [0.15, 0.2) is 73.0 Å². The molecule has 0 fully saturated rings. The molecule has 2 amide bonds. The molecular formula is C25H25FN2O2. The number of aromatic nitrogens is 1. The van der Waals surface area contributed by atoms with Crippen molar-refractivity contribution in [2.75, 3.05) is 6.54 Å². The highest BCUT2D eigenvalue weighted by Gasteiger charge is 2.37. The van der Waals surface area contributed by atoms with E-state index in [4.69, 9.17) is 0 Å². The summed E-state index contributed by atoms with van der Waals surface area (Å²) in [5.41, 5.74) is 4.22. The smallest absolute Gasteiger partial charge is 0.261 e.